The van der Waals surface area contributed by atoms with Gasteiger partial charge in [0.25, 0.3) is 0 Å². The van der Waals surface area contributed by atoms with Crippen molar-refractivity contribution in [3.05, 3.63) is 41.2 Å². The van der Waals surface area contributed by atoms with E-state index in [1.54, 1.807) is 0 Å². The molecule has 1 aromatic carbocycles. The summed E-state index contributed by atoms with van der Waals surface area (Å²) < 4.78 is 12.8. The summed E-state index contributed by atoms with van der Waals surface area (Å²) in [7, 11) is 0. The minimum absolute atomic E-state index is 0.133. The second-order valence-corrected chi connectivity index (χ2v) is 2.83. The summed E-state index contributed by atoms with van der Waals surface area (Å²) in [5.41, 5.74) is 10.3. The normalized spacial score (nSPS) is 10.5. The lowest BCUT2D eigenvalue weighted by molar-refractivity contribution is -0.113. The third kappa shape index (κ3) is 2.91. The molecule has 1 rings (SSSR count). The van der Waals surface area contributed by atoms with Crippen molar-refractivity contribution in [2.45, 2.75) is 0 Å². The molecule has 0 atom stereocenters. The van der Waals surface area contributed by atoms with Gasteiger partial charge in [0, 0.05) is 11.6 Å². The first-order chi connectivity index (χ1) is 7.00. The average Bonchev–Trinajstić information content (AvgIpc) is 2.14. The van der Waals surface area contributed by atoms with Gasteiger partial charge in [-0.1, -0.05) is 0 Å². The van der Waals surface area contributed by atoms with Crippen molar-refractivity contribution < 1.29 is 14.0 Å². The third-order valence-electron chi connectivity index (χ3n) is 1.71. The van der Waals surface area contributed by atoms with Gasteiger partial charge in [-0.25, -0.2) is 4.39 Å². The Morgan fingerprint density at radius 1 is 1.27 bits per heavy atom. The lowest BCUT2D eigenvalue weighted by Crippen LogP contribution is -2.13. The van der Waals surface area contributed by atoms with Crippen molar-refractivity contribution in [1.82, 2.24) is 0 Å². The molecule has 0 heterocycles. The van der Waals surface area contributed by atoms with Crippen LogP contribution in [0.5, 0.6) is 0 Å². The zero-order valence-electron chi connectivity index (χ0n) is 7.74. The molecule has 0 aromatic heterocycles. The first-order valence-corrected chi connectivity index (χ1v) is 4.07. The number of hydrogen-bond donors (Lipinski definition) is 2. The summed E-state index contributed by atoms with van der Waals surface area (Å²) in [6, 6.07) is 3.46. The summed E-state index contributed by atoms with van der Waals surface area (Å²) in [5.74, 6) is -1.90. The Bertz CT molecular complexity index is 441. The molecule has 0 spiro atoms. The molecule has 15 heavy (non-hydrogen) atoms. The Morgan fingerprint density at radius 3 is 2.47 bits per heavy atom. The summed E-state index contributed by atoms with van der Waals surface area (Å²) in [5, 5.41) is 0. The van der Waals surface area contributed by atoms with Gasteiger partial charge in [-0.05, 0) is 29.8 Å². The van der Waals surface area contributed by atoms with Crippen molar-refractivity contribution >= 4 is 17.9 Å². The Hall–Kier alpha value is -2.17. The molecular weight excluding hydrogens is 199 g/mol. The summed E-state index contributed by atoms with van der Waals surface area (Å²) >= 11 is 0. The number of carbonyl (C=O) groups is 2. The lowest BCUT2D eigenvalue weighted by atomic mass is 10.1. The Morgan fingerprint density at radius 2 is 1.93 bits per heavy atom. The van der Waals surface area contributed by atoms with Crippen LogP contribution in [0.1, 0.15) is 15.9 Å². The van der Waals surface area contributed by atoms with Crippen molar-refractivity contribution in [2.75, 3.05) is 0 Å². The largest absolute Gasteiger partial charge is 0.366 e. The summed E-state index contributed by atoms with van der Waals surface area (Å²) in [6.07, 6.45) is 2.27. The lowest BCUT2D eigenvalue weighted by Gasteiger charge is -2.01. The Labute approximate surface area is 85.4 Å². The maximum atomic E-state index is 12.8. The van der Waals surface area contributed by atoms with Gasteiger partial charge < -0.3 is 11.5 Å². The molecule has 0 aliphatic carbocycles. The van der Waals surface area contributed by atoms with Crippen molar-refractivity contribution in [3.8, 4) is 0 Å². The number of carbonyl (C=O) groups excluding carboxylic acids is 2. The first-order valence-electron chi connectivity index (χ1n) is 4.07. The van der Waals surface area contributed by atoms with E-state index in [0.29, 0.717) is 0 Å². The van der Waals surface area contributed by atoms with Gasteiger partial charge in [-0.2, -0.15) is 0 Å². The predicted octanol–water partition coefficient (Wildman–Crippen LogP) is 0.423. The van der Waals surface area contributed by atoms with Gasteiger partial charge in [0.15, 0.2) is 0 Å². The van der Waals surface area contributed by atoms with Crippen molar-refractivity contribution in [2.24, 2.45) is 11.5 Å². The monoisotopic (exact) mass is 208 g/mol. The van der Waals surface area contributed by atoms with Crippen LogP contribution in [0.25, 0.3) is 6.08 Å². The van der Waals surface area contributed by atoms with Gasteiger partial charge >= 0.3 is 0 Å². The van der Waals surface area contributed by atoms with Gasteiger partial charge in [-0.15, -0.1) is 0 Å². The van der Waals surface area contributed by atoms with Gasteiger partial charge in [0.2, 0.25) is 11.8 Å². The van der Waals surface area contributed by atoms with E-state index < -0.39 is 17.6 Å². The van der Waals surface area contributed by atoms with E-state index in [1.165, 1.54) is 12.1 Å². The maximum Gasteiger partial charge on any atom is 0.249 e. The average molecular weight is 208 g/mol. The van der Waals surface area contributed by atoms with E-state index in [4.69, 9.17) is 11.5 Å². The minimum Gasteiger partial charge on any atom is -0.366 e. The number of nitrogens with two attached hydrogens (primary N) is 2. The molecule has 1 aromatic rings. The number of benzene rings is 1. The predicted molar refractivity (Wildman–Crippen MR) is 53.1 cm³/mol. The van der Waals surface area contributed by atoms with Crippen LogP contribution in [0.2, 0.25) is 0 Å². The minimum atomic E-state index is -0.695. The molecule has 0 aliphatic rings. The topological polar surface area (TPSA) is 86.2 Å². The molecule has 0 bridgehead atoms. The standard InChI is InChI=1S/C10H9FN2O2/c11-7-2-3-8(10(13)15)6(5-7)1-4-9(12)14/h1-5H,(H2,12,14)(H2,13,15). The van der Waals surface area contributed by atoms with Crippen molar-refractivity contribution in [1.29, 1.82) is 0 Å². The molecule has 2 amide bonds. The molecule has 78 valence electrons. The second-order valence-electron chi connectivity index (χ2n) is 2.83. The first kappa shape index (κ1) is 10.9. The molecule has 5 heteroatoms. The van der Waals surface area contributed by atoms with Crippen LogP contribution < -0.4 is 11.5 Å². The van der Waals surface area contributed by atoms with E-state index in [1.807, 2.05) is 0 Å². The summed E-state index contributed by atoms with van der Waals surface area (Å²) in [6.45, 7) is 0. The fraction of sp³-hybridized carbons (Fsp3) is 0. The SMILES string of the molecule is NC(=O)C=Cc1cc(F)ccc1C(N)=O. The third-order valence-corrected chi connectivity index (χ3v) is 1.71. The molecule has 0 unspecified atom stereocenters. The zero-order chi connectivity index (χ0) is 11.4. The van der Waals surface area contributed by atoms with Crippen LogP contribution in [0.3, 0.4) is 0 Å². The molecule has 0 saturated carbocycles. The molecule has 4 N–H and O–H groups in total. The van der Waals surface area contributed by atoms with Gasteiger partial charge in [0.1, 0.15) is 5.82 Å². The van der Waals surface area contributed by atoms with E-state index in [9.17, 15) is 14.0 Å². The van der Waals surface area contributed by atoms with Crippen LogP contribution in [0, 0.1) is 5.82 Å². The fourth-order valence-corrected chi connectivity index (χ4v) is 1.07. The molecular formula is C10H9FN2O2. The maximum absolute atomic E-state index is 12.8. The van der Waals surface area contributed by atoms with E-state index in [2.05, 4.69) is 0 Å². The van der Waals surface area contributed by atoms with E-state index in [0.717, 1.165) is 18.2 Å². The fourth-order valence-electron chi connectivity index (χ4n) is 1.07. The number of primary amides is 2. The molecule has 4 nitrogen and oxygen atoms in total. The van der Waals surface area contributed by atoms with Crippen LogP contribution >= 0.6 is 0 Å². The van der Waals surface area contributed by atoms with Gasteiger partial charge in [-0.3, -0.25) is 9.59 Å². The molecule has 0 aliphatic heterocycles. The highest BCUT2D eigenvalue weighted by atomic mass is 19.1. The molecule has 0 fully saturated rings. The van der Waals surface area contributed by atoms with E-state index >= 15 is 0 Å². The highest BCUT2D eigenvalue weighted by Gasteiger charge is 2.06. The summed E-state index contributed by atoms with van der Waals surface area (Å²) in [4.78, 5) is 21.4. The molecule has 0 saturated heterocycles. The Kier molecular flexibility index (Phi) is 3.17. The quantitative estimate of drug-likeness (QED) is 0.705. The van der Waals surface area contributed by atoms with Crippen LogP contribution in [-0.2, 0) is 4.79 Å². The second kappa shape index (κ2) is 4.36. The number of hydrogen-bond acceptors (Lipinski definition) is 2. The molecule has 0 radical (unpaired) electrons. The van der Waals surface area contributed by atoms with Crippen LogP contribution in [0.15, 0.2) is 24.3 Å². The number of halogens is 1. The van der Waals surface area contributed by atoms with Gasteiger partial charge in [0.05, 0.1) is 0 Å². The van der Waals surface area contributed by atoms with E-state index in [-0.39, 0.29) is 11.1 Å². The van der Waals surface area contributed by atoms with Crippen LogP contribution in [0.4, 0.5) is 4.39 Å². The van der Waals surface area contributed by atoms with Crippen LogP contribution in [-0.4, -0.2) is 11.8 Å². The Balaban J connectivity index is 3.18. The number of amides is 2. The number of rotatable bonds is 3. The zero-order valence-corrected chi connectivity index (χ0v) is 7.74. The highest BCUT2D eigenvalue weighted by Crippen LogP contribution is 2.12. The van der Waals surface area contributed by atoms with Crippen molar-refractivity contribution in [3.63, 3.8) is 0 Å². The smallest absolute Gasteiger partial charge is 0.249 e. The highest BCUT2D eigenvalue weighted by molar-refractivity contribution is 5.98.